The minimum atomic E-state index is -1.42. The Morgan fingerprint density at radius 3 is 1.12 bits per heavy atom. The summed E-state index contributed by atoms with van der Waals surface area (Å²) in [6.45, 7) is 29.6. The maximum atomic E-state index is 2.59. The van der Waals surface area contributed by atoms with Gasteiger partial charge in [0.1, 0.15) is 0 Å². The van der Waals surface area contributed by atoms with E-state index in [4.69, 9.17) is 0 Å². The van der Waals surface area contributed by atoms with Crippen molar-refractivity contribution in [1.82, 2.24) is 0 Å². The number of hydrogen-bond acceptors (Lipinski definition) is 0. The Kier molecular flexibility index (Phi) is 5.71. The summed E-state index contributed by atoms with van der Waals surface area (Å²) in [5.41, 5.74) is 9.62. The fourth-order valence-corrected chi connectivity index (χ4v) is 11.5. The predicted octanol–water partition coefficient (Wildman–Crippen LogP) is 9.90. The van der Waals surface area contributed by atoms with Gasteiger partial charge in [-0.2, -0.15) is 0 Å². The molecule has 0 bridgehead atoms. The van der Waals surface area contributed by atoms with Gasteiger partial charge in [-0.15, -0.1) is 0 Å². The van der Waals surface area contributed by atoms with Crippen LogP contribution in [0.1, 0.15) is 41.5 Å². The molecular formula is C32H48Si2. The molecule has 0 N–H and O–H groups in total. The van der Waals surface area contributed by atoms with Gasteiger partial charge in [0.05, 0.1) is 0 Å². The molecule has 0 aromatic carbocycles. The summed E-state index contributed by atoms with van der Waals surface area (Å²) in [7, 11) is -2.85. The van der Waals surface area contributed by atoms with Crippen LogP contribution in [0.15, 0.2) is 82.0 Å². The smallest absolute Gasteiger partial charge is 0.0455 e. The summed E-state index contributed by atoms with van der Waals surface area (Å²) in [5.74, 6) is 0. The lowest BCUT2D eigenvalue weighted by Gasteiger charge is -2.63. The summed E-state index contributed by atoms with van der Waals surface area (Å²) in [6, 6.07) is 2.60. The SMILES string of the molecule is CC(C)(C)C1=CC2=CC=C3C=C(C(C)(C)C)C=C4C=CC(=C1)C2(C[Si](C)(C)C)C34C[Si](C)(C)C. The third-order valence-corrected chi connectivity index (χ3v) is 11.3. The largest absolute Gasteiger partial charge is 0.0695 e. The Morgan fingerprint density at radius 2 is 0.853 bits per heavy atom. The van der Waals surface area contributed by atoms with Crippen molar-refractivity contribution in [3.05, 3.63) is 82.0 Å². The van der Waals surface area contributed by atoms with Gasteiger partial charge in [-0.3, -0.25) is 0 Å². The van der Waals surface area contributed by atoms with Gasteiger partial charge in [-0.05, 0) is 56.4 Å². The van der Waals surface area contributed by atoms with Gasteiger partial charge in [0, 0.05) is 27.0 Å². The van der Waals surface area contributed by atoms with Crippen molar-refractivity contribution < 1.29 is 0 Å². The average Bonchev–Trinajstić information content (AvgIpc) is 2.61. The Balaban J connectivity index is 2.13. The highest BCUT2D eigenvalue weighted by atomic mass is 28.3. The molecule has 0 heterocycles. The summed E-state index contributed by atoms with van der Waals surface area (Å²) < 4.78 is 0. The summed E-state index contributed by atoms with van der Waals surface area (Å²) in [4.78, 5) is 0. The lowest BCUT2D eigenvalue weighted by molar-refractivity contribution is 0.240. The fraction of sp³-hybridized carbons (Fsp3) is 0.562. The molecule has 0 saturated carbocycles. The molecule has 34 heavy (non-hydrogen) atoms. The highest BCUT2D eigenvalue weighted by Crippen LogP contribution is 2.71. The third kappa shape index (κ3) is 4.03. The molecule has 2 heteroatoms. The second-order valence-electron chi connectivity index (χ2n) is 15.8. The van der Waals surface area contributed by atoms with Crippen LogP contribution >= 0.6 is 0 Å². The molecule has 4 aliphatic carbocycles. The van der Waals surface area contributed by atoms with Crippen molar-refractivity contribution in [3.8, 4) is 0 Å². The van der Waals surface area contributed by atoms with Gasteiger partial charge in [0.2, 0.25) is 0 Å². The quantitative estimate of drug-likeness (QED) is 0.345. The van der Waals surface area contributed by atoms with Crippen LogP contribution in [0.4, 0.5) is 0 Å². The topological polar surface area (TPSA) is 0 Å². The van der Waals surface area contributed by atoms with Crippen molar-refractivity contribution in [3.63, 3.8) is 0 Å². The highest BCUT2D eigenvalue weighted by molar-refractivity contribution is 6.77. The van der Waals surface area contributed by atoms with E-state index in [1.165, 1.54) is 23.2 Å². The molecule has 0 aromatic heterocycles. The van der Waals surface area contributed by atoms with Crippen molar-refractivity contribution >= 4 is 16.1 Å². The molecule has 4 rings (SSSR count). The van der Waals surface area contributed by atoms with E-state index in [0.29, 0.717) is 0 Å². The Morgan fingerprint density at radius 1 is 0.529 bits per heavy atom. The van der Waals surface area contributed by atoms with Crippen molar-refractivity contribution in [2.75, 3.05) is 0 Å². The Labute approximate surface area is 212 Å². The predicted molar refractivity (Wildman–Crippen MR) is 158 cm³/mol. The second kappa shape index (κ2) is 7.56. The van der Waals surface area contributed by atoms with Crippen molar-refractivity contribution in [2.45, 2.75) is 92.9 Å². The number of allylic oxidation sites excluding steroid dienone is 14. The molecule has 2 unspecified atom stereocenters. The molecule has 0 spiro atoms. The first-order valence-electron chi connectivity index (χ1n) is 13.3. The van der Waals surface area contributed by atoms with E-state index < -0.39 is 16.1 Å². The molecule has 0 saturated heterocycles. The fourth-order valence-electron chi connectivity index (χ4n) is 6.85. The molecule has 0 radical (unpaired) electrons. The van der Waals surface area contributed by atoms with Crippen LogP contribution in [0, 0.1) is 21.7 Å². The third-order valence-electron chi connectivity index (χ3n) is 8.15. The normalized spacial score (nSPS) is 28.8. The average molecular weight is 489 g/mol. The van der Waals surface area contributed by atoms with Gasteiger partial charge in [0.15, 0.2) is 0 Å². The van der Waals surface area contributed by atoms with E-state index in [9.17, 15) is 0 Å². The zero-order chi connectivity index (χ0) is 25.5. The van der Waals surface area contributed by atoms with E-state index in [-0.39, 0.29) is 21.7 Å². The minimum Gasteiger partial charge on any atom is -0.0695 e. The highest BCUT2D eigenvalue weighted by Gasteiger charge is 2.63. The van der Waals surface area contributed by atoms with Gasteiger partial charge < -0.3 is 0 Å². The lowest BCUT2D eigenvalue weighted by atomic mass is 9.45. The van der Waals surface area contributed by atoms with Crippen LogP contribution in [0.5, 0.6) is 0 Å². The molecule has 4 aliphatic rings. The number of hydrogen-bond donors (Lipinski definition) is 0. The summed E-state index contributed by atoms with van der Waals surface area (Å²) >= 11 is 0. The molecule has 2 atom stereocenters. The second-order valence-corrected chi connectivity index (χ2v) is 26.7. The van der Waals surface area contributed by atoms with Crippen LogP contribution in [-0.4, -0.2) is 16.1 Å². The molecule has 0 fully saturated rings. The van der Waals surface area contributed by atoms with Gasteiger partial charge in [-0.1, -0.05) is 129 Å². The molecule has 0 amide bonds. The van der Waals surface area contributed by atoms with Crippen LogP contribution < -0.4 is 0 Å². The van der Waals surface area contributed by atoms with Crippen molar-refractivity contribution in [1.29, 1.82) is 0 Å². The molecule has 0 aliphatic heterocycles. The molecular weight excluding hydrogens is 441 g/mol. The van der Waals surface area contributed by atoms with Crippen LogP contribution in [0.2, 0.25) is 51.4 Å². The zero-order valence-electron chi connectivity index (χ0n) is 24.0. The van der Waals surface area contributed by atoms with Crippen LogP contribution in [-0.2, 0) is 0 Å². The summed E-state index contributed by atoms with van der Waals surface area (Å²) in [5, 5.41) is 0. The maximum Gasteiger partial charge on any atom is 0.0455 e. The monoisotopic (exact) mass is 488 g/mol. The van der Waals surface area contributed by atoms with E-state index in [0.717, 1.165) is 0 Å². The lowest BCUT2D eigenvalue weighted by Crippen LogP contribution is -2.56. The summed E-state index contributed by atoms with van der Waals surface area (Å²) in [6.07, 6.45) is 20.4. The van der Waals surface area contributed by atoms with Gasteiger partial charge in [0.25, 0.3) is 0 Å². The van der Waals surface area contributed by atoms with Gasteiger partial charge >= 0.3 is 0 Å². The zero-order valence-corrected chi connectivity index (χ0v) is 26.0. The van der Waals surface area contributed by atoms with E-state index in [1.807, 2.05) is 0 Å². The first-order chi connectivity index (χ1) is 15.3. The Hall–Kier alpha value is -1.39. The van der Waals surface area contributed by atoms with Crippen molar-refractivity contribution in [2.24, 2.45) is 21.7 Å². The first-order valence-corrected chi connectivity index (χ1v) is 20.7. The van der Waals surface area contributed by atoms with Gasteiger partial charge in [-0.25, -0.2) is 0 Å². The maximum absolute atomic E-state index is 2.59. The molecule has 184 valence electrons. The van der Waals surface area contributed by atoms with Crippen LogP contribution in [0.3, 0.4) is 0 Å². The molecule has 0 nitrogen and oxygen atoms in total. The first kappa shape index (κ1) is 25.7. The van der Waals surface area contributed by atoms with Crippen LogP contribution in [0.25, 0.3) is 0 Å². The standard InChI is InChI=1S/C32H48Si2/c1-29(2,3)27-17-23-13-15-25-19-28(30(4,5)6)20-26-16-14-24(18-27)31(23,21-33(7,8)9)32(25,26)22-34(10,11)12/h13-20H,21-22H2,1-12H3. The van der Waals surface area contributed by atoms with E-state index >= 15 is 0 Å². The number of rotatable bonds is 4. The minimum absolute atomic E-state index is 0.0527. The van der Waals surface area contributed by atoms with E-state index in [1.54, 1.807) is 22.3 Å². The molecule has 0 aromatic rings. The van der Waals surface area contributed by atoms with E-state index in [2.05, 4.69) is 129 Å². The Bertz CT molecular complexity index is 1030.